The van der Waals surface area contributed by atoms with Gasteiger partial charge in [-0.3, -0.25) is 4.79 Å². The van der Waals surface area contributed by atoms with Gasteiger partial charge in [-0.15, -0.1) is 23.7 Å². The van der Waals surface area contributed by atoms with Crippen molar-refractivity contribution in [3.63, 3.8) is 0 Å². The Labute approximate surface area is 114 Å². The van der Waals surface area contributed by atoms with Crippen molar-refractivity contribution in [2.24, 2.45) is 0 Å². The quantitative estimate of drug-likeness (QED) is 0.672. The van der Waals surface area contributed by atoms with Crippen LogP contribution in [0.5, 0.6) is 0 Å². The minimum absolute atomic E-state index is 0. The Kier molecular flexibility index (Phi) is 9.41. The maximum absolute atomic E-state index is 11.8. The molecule has 0 N–H and O–H groups in total. The van der Waals surface area contributed by atoms with E-state index in [-0.39, 0.29) is 18.2 Å². The molecule has 1 aromatic rings. The Morgan fingerprint density at radius 2 is 1.88 bits per heavy atom. The molecular formula is C13H22ClNOS. The van der Waals surface area contributed by atoms with E-state index in [9.17, 15) is 4.79 Å². The van der Waals surface area contributed by atoms with Gasteiger partial charge in [0.15, 0.2) is 5.78 Å². The molecule has 0 unspecified atom stereocenters. The highest BCUT2D eigenvalue weighted by Gasteiger charge is 2.09. The zero-order chi connectivity index (χ0) is 11.8. The van der Waals surface area contributed by atoms with Gasteiger partial charge in [0.1, 0.15) is 0 Å². The van der Waals surface area contributed by atoms with Crippen LogP contribution < -0.4 is 0 Å². The van der Waals surface area contributed by atoms with Gasteiger partial charge in [0, 0.05) is 13.0 Å². The Bertz CT molecular complexity index is 294. The van der Waals surface area contributed by atoms with Gasteiger partial charge >= 0.3 is 0 Å². The second-order valence-electron chi connectivity index (χ2n) is 3.99. The predicted molar refractivity (Wildman–Crippen MR) is 77.5 cm³/mol. The van der Waals surface area contributed by atoms with Gasteiger partial charge in [0.25, 0.3) is 0 Å². The SMILES string of the molecule is CCCN(CCC)CCC(=O)c1cccs1.Cl. The van der Waals surface area contributed by atoms with Crippen molar-refractivity contribution in [3.05, 3.63) is 22.4 Å². The lowest BCUT2D eigenvalue weighted by Gasteiger charge is -2.20. The summed E-state index contributed by atoms with van der Waals surface area (Å²) in [6, 6.07) is 3.85. The number of carbonyl (C=O) groups excluding carboxylic acids is 1. The van der Waals surface area contributed by atoms with E-state index in [4.69, 9.17) is 0 Å². The average Bonchev–Trinajstić information content (AvgIpc) is 2.79. The van der Waals surface area contributed by atoms with E-state index in [1.54, 1.807) is 11.3 Å². The maximum atomic E-state index is 11.8. The van der Waals surface area contributed by atoms with Crippen molar-refractivity contribution in [1.82, 2.24) is 4.90 Å². The highest BCUT2D eigenvalue weighted by atomic mass is 35.5. The fourth-order valence-electron chi connectivity index (χ4n) is 1.79. The van der Waals surface area contributed by atoms with Gasteiger partial charge in [0.2, 0.25) is 0 Å². The molecule has 0 spiro atoms. The molecule has 4 heteroatoms. The number of hydrogen-bond acceptors (Lipinski definition) is 3. The number of ketones is 1. The van der Waals surface area contributed by atoms with Crippen molar-refractivity contribution in [2.75, 3.05) is 19.6 Å². The molecule has 98 valence electrons. The van der Waals surface area contributed by atoms with Crippen LogP contribution in [0.4, 0.5) is 0 Å². The number of Topliss-reactive ketones (excluding diaryl/α,β-unsaturated/α-hetero) is 1. The molecule has 0 fully saturated rings. The molecule has 2 nitrogen and oxygen atoms in total. The Balaban J connectivity index is 0.00000256. The number of rotatable bonds is 8. The topological polar surface area (TPSA) is 20.3 Å². The van der Waals surface area contributed by atoms with Crippen molar-refractivity contribution >= 4 is 29.5 Å². The van der Waals surface area contributed by atoms with E-state index in [0.717, 1.165) is 37.4 Å². The van der Waals surface area contributed by atoms with Gasteiger partial charge in [-0.1, -0.05) is 19.9 Å². The zero-order valence-electron chi connectivity index (χ0n) is 10.6. The standard InChI is InChI=1S/C13H21NOS.ClH/c1-3-8-14(9-4-2)10-7-12(15)13-6-5-11-16-13;/h5-6,11H,3-4,7-10H2,1-2H3;1H. The van der Waals surface area contributed by atoms with Gasteiger partial charge in [0.05, 0.1) is 4.88 Å². The summed E-state index contributed by atoms with van der Waals surface area (Å²) in [7, 11) is 0. The zero-order valence-corrected chi connectivity index (χ0v) is 12.3. The molecule has 17 heavy (non-hydrogen) atoms. The number of halogens is 1. The molecule has 1 heterocycles. The van der Waals surface area contributed by atoms with Crippen LogP contribution in [-0.2, 0) is 0 Å². The minimum atomic E-state index is 0. The van der Waals surface area contributed by atoms with Crippen LogP contribution in [0.15, 0.2) is 17.5 Å². The third-order valence-corrected chi connectivity index (χ3v) is 3.44. The first-order chi connectivity index (χ1) is 7.77. The fourth-order valence-corrected chi connectivity index (χ4v) is 2.48. The molecule has 0 aliphatic heterocycles. The third-order valence-electron chi connectivity index (χ3n) is 2.53. The second kappa shape index (κ2) is 9.63. The first-order valence-electron chi connectivity index (χ1n) is 6.07. The molecule has 0 bridgehead atoms. The molecule has 1 rings (SSSR count). The molecule has 0 saturated carbocycles. The van der Waals surface area contributed by atoms with Crippen LogP contribution in [-0.4, -0.2) is 30.3 Å². The minimum Gasteiger partial charge on any atom is -0.303 e. The van der Waals surface area contributed by atoms with E-state index < -0.39 is 0 Å². The van der Waals surface area contributed by atoms with Crippen molar-refractivity contribution < 1.29 is 4.79 Å². The van der Waals surface area contributed by atoms with Gasteiger partial charge in [-0.25, -0.2) is 0 Å². The summed E-state index contributed by atoms with van der Waals surface area (Å²) in [5.41, 5.74) is 0. The molecule has 0 aromatic carbocycles. The van der Waals surface area contributed by atoms with Gasteiger partial charge in [-0.05, 0) is 37.4 Å². The average molecular weight is 276 g/mol. The van der Waals surface area contributed by atoms with Crippen LogP contribution in [0, 0.1) is 0 Å². The lowest BCUT2D eigenvalue weighted by Crippen LogP contribution is -2.27. The highest BCUT2D eigenvalue weighted by molar-refractivity contribution is 7.12. The van der Waals surface area contributed by atoms with Crippen molar-refractivity contribution in [3.8, 4) is 0 Å². The number of thiophene rings is 1. The van der Waals surface area contributed by atoms with Gasteiger partial charge in [-0.2, -0.15) is 0 Å². The Morgan fingerprint density at radius 3 is 2.35 bits per heavy atom. The predicted octanol–water partition coefficient (Wildman–Crippen LogP) is 3.86. The molecule has 0 radical (unpaired) electrons. The van der Waals surface area contributed by atoms with E-state index >= 15 is 0 Å². The summed E-state index contributed by atoms with van der Waals surface area (Å²) in [5.74, 6) is 0.284. The lowest BCUT2D eigenvalue weighted by molar-refractivity contribution is 0.0968. The van der Waals surface area contributed by atoms with Crippen LogP contribution in [0.2, 0.25) is 0 Å². The summed E-state index contributed by atoms with van der Waals surface area (Å²) >= 11 is 1.54. The van der Waals surface area contributed by atoms with Crippen LogP contribution >= 0.6 is 23.7 Å². The van der Waals surface area contributed by atoms with E-state index in [1.807, 2.05) is 17.5 Å². The van der Waals surface area contributed by atoms with E-state index in [0.29, 0.717) is 6.42 Å². The highest BCUT2D eigenvalue weighted by Crippen LogP contribution is 2.11. The molecule has 1 aromatic heterocycles. The molecule has 0 atom stereocenters. The Morgan fingerprint density at radius 1 is 1.24 bits per heavy atom. The molecule has 0 aliphatic rings. The third kappa shape index (κ3) is 6.20. The van der Waals surface area contributed by atoms with E-state index in [1.165, 1.54) is 0 Å². The molecule has 0 amide bonds. The summed E-state index contributed by atoms with van der Waals surface area (Å²) in [6.45, 7) is 7.48. The summed E-state index contributed by atoms with van der Waals surface area (Å²) in [4.78, 5) is 15.1. The fraction of sp³-hybridized carbons (Fsp3) is 0.615. The van der Waals surface area contributed by atoms with Gasteiger partial charge < -0.3 is 4.90 Å². The molecule has 0 aliphatic carbocycles. The lowest BCUT2D eigenvalue weighted by atomic mass is 10.2. The van der Waals surface area contributed by atoms with Crippen LogP contribution in [0.1, 0.15) is 42.8 Å². The Hall–Kier alpha value is -0.380. The van der Waals surface area contributed by atoms with Crippen molar-refractivity contribution in [2.45, 2.75) is 33.1 Å². The number of hydrogen-bond donors (Lipinski definition) is 0. The number of nitrogens with zero attached hydrogens (tertiary/aromatic N) is 1. The van der Waals surface area contributed by atoms with E-state index in [2.05, 4.69) is 18.7 Å². The summed E-state index contributed by atoms with van der Waals surface area (Å²) in [6.07, 6.45) is 2.97. The first-order valence-corrected chi connectivity index (χ1v) is 6.95. The normalized spacial score (nSPS) is 10.3. The number of carbonyl (C=O) groups is 1. The van der Waals surface area contributed by atoms with Crippen LogP contribution in [0.3, 0.4) is 0 Å². The molecular weight excluding hydrogens is 254 g/mol. The smallest absolute Gasteiger partial charge is 0.174 e. The second-order valence-corrected chi connectivity index (χ2v) is 4.94. The first kappa shape index (κ1) is 16.6. The van der Waals surface area contributed by atoms with Crippen molar-refractivity contribution in [1.29, 1.82) is 0 Å². The maximum Gasteiger partial charge on any atom is 0.174 e. The monoisotopic (exact) mass is 275 g/mol. The summed E-state index contributed by atoms with van der Waals surface area (Å²) in [5, 5.41) is 1.96. The largest absolute Gasteiger partial charge is 0.303 e. The summed E-state index contributed by atoms with van der Waals surface area (Å²) < 4.78 is 0. The van der Waals surface area contributed by atoms with Crippen LogP contribution in [0.25, 0.3) is 0 Å². The molecule has 0 saturated heterocycles.